The van der Waals surface area contributed by atoms with Gasteiger partial charge < -0.3 is 10.2 Å². The highest BCUT2D eigenvalue weighted by Gasteiger charge is 1.82. The van der Waals surface area contributed by atoms with Crippen molar-refractivity contribution in [2.75, 3.05) is 21.1 Å². The van der Waals surface area contributed by atoms with E-state index in [0.717, 1.165) is 9.98 Å². The topological polar surface area (TPSA) is 15.3 Å². The van der Waals surface area contributed by atoms with E-state index in [-0.39, 0.29) is 0 Å². The zero-order chi connectivity index (χ0) is 9.44. The highest BCUT2D eigenvalue weighted by Crippen LogP contribution is 1.75. The van der Waals surface area contributed by atoms with E-state index in [1.54, 1.807) is 0 Å². The molecule has 0 atom stereocenters. The monoisotopic (exact) mass is 192 g/mol. The van der Waals surface area contributed by atoms with Gasteiger partial charge in [-0.15, -0.1) is 0 Å². The molecule has 66 valence electrons. The predicted molar refractivity (Wildman–Crippen MR) is 59.3 cm³/mol. The standard InChI is InChI=1S/C4H9NS.C3H7NS/c1-4(6)5(2)3;1-3(5)4-2/h1-3H3;1-2H3,(H,4,5). The number of thiocarbonyl (C=S) groups is 2. The smallest absolute Gasteiger partial charge is 0.0742 e. The van der Waals surface area contributed by atoms with Crippen LogP contribution in [0.5, 0.6) is 0 Å². The van der Waals surface area contributed by atoms with Gasteiger partial charge in [-0.05, 0) is 13.8 Å². The zero-order valence-electron chi connectivity index (χ0n) is 7.76. The van der Waals surface area contributed by atoms with E-state index in [1.165, 1.54) is 0 Å². The molecule has 2 nitrogen and oxygen atoms in total. The normalized spacial score (nSPS) is 7.36. The molecular weight excluding hydrogens is 176 g/mol. The van der Waals surface area contributed by atoms with Gasteiger partial charge in [-0.2, -0.15) is 0 Å². The molecule has 4 heteroatoms. The first kappa shape index (κ1) is 13.4. The van der Waals surface area contributed by atoms with Crippen LogP contribution in [-0.4, -0.2) is 36.0 Å². The van der Waals surface area contributed by atoms with E-state index in [4.69, 9.17) is 12.2 Å². The Kier molecular flexibility index (Phi) is 9.58. The van der Waals surface area contributed by atoms with E-state index >= 15 is 0 Å². The molecule has 0 aromatic rings. The number of hydrogen-bond donors (Lipinski definition) is 1. The van der Waals surface area contributed by atoms with Gasteiger partial charge in [0.15, 0.2) is 0 Å². The van der Waals surface area contributed by atoms with Gasteiger partial charge in [-0.25, -0.2) is 0 Å². The van der Waals surface area contributed by atoms with Crippen LogP contribution in [-0.2, 0) is 0 Å². The molecule has 0 amide bonds. The number of nitrogens with one attached hydrogen (secondary N) is 1. The average Bonchev–Trinajstić information content (AvgIpc) is 1.89. The molecule has 0 aliphatic heterocycles. The van der Waals surface area contributed by atoms with Crippen LogP contribution < -0.4 is 5.32 Å². The average molecular weight is 192 g/mol. The van der Waals surface area contributed by atoms with Gasteiger partial charge in [-0.1, -0.05) is 24.4 Å². The molecule has 0 aromatic carbocycles. The molecule has 11 heavy (non-hydrogen) atoms. The second-order valence-corrected chi connectivity index (χ2v) is 3.42. The molecule has 0 spiro atoms. The van der Waals surface area contributed by atoms with E-state index in [2.05, 4.69) is 17.5 Å². The third-order valence-electron chi connectivity index (χ3n) is 0.982. The lowest BCUT2D eigenvalue weighted by Crippen LogP contribution is -2.15. The lowest BCUT2D eigenvalue weighted by Gasteiger charge is -2.06. The summed E-state index contributed by atoms with van der Waals surface area (Å²) < 4.78 is 0. The summed E-state index contributed by atoms with van der Waals surface area (Å²) >= 11 is 9.33. The van der Waals surface area contributed by atoms with Crippen molar-refractivity contribution < 1.29 is 0 Å². The Balaban J connectivity index is 0. The second-order valence-electron chi connectivity index (χ2n) is 2.22. The summed E-state index contributed by atoms with van der Waals surface area (Å²) in [5.41, 5.74) is 0. The van der Waals surface area contributed by atoms with Crippen LogP contribution in [0, 0.1) is 0 Å². The maximum absolute atomic E-state index is 4.75. The minimum Gasteiger partial charge on any atom is -0.383 e. The Bertz CT molecular complexity index is 132. The summed E-state index contributed by atoms with van der Waals surface area (Å²) in [6.07, 6.45) is 0. The van der Waals surface area contributed by atoms with E-state index in [1.807, 2.05) is 39.9 Å². The van der Waals surface area contributed by atoms with Crippen molar-refractivity contribution in [3.8, 4) is 0 Å². The van der Waals surface area contributed by atoms with Crippen molar-refractivity contribution in [2.24, 2.45) is 0 Å². The SMILES string of the molecule is CC(=S)N(C)C.CNC(C)=S. The highest BCUT2D eigenvalue weighted by molar-refractivity contribution is 7.80. The first-order valence-electron chi connectivity index (χ1n) is 3.28. The molecule has 1 N–H and O–H groups in total. The van der Waals surface area contributed by atoms with Crippen molar-refractivity contribution in [3.63, 3.8) is 0 Å². The molecular formula is C7H16N2S2. The summed E-state index contributed by atoms with van der Waals surface area (Å²) in [7, 11) is 5.67. The molecule has 0 aliphatic carbocycles. The fourth-order valence-electron chi connectivity index (χ4n) is 0. The van der Waals surface area contributed by atoms with Crippen LogP contribution in [0.3, 0.4) is 0 Å². The largest absolute Gasteiger partial charge is 0.383 e. The first-order valence-corrected chi connectivity index (χ1v) is 4.09. The van der Waals surface area contributed by atoms with Crippen LogP contribution in [0.25, 0.3) is 0 Å². The molecule has 0 aliphatic rings. The van der Waals surface area contributed by atoms with Gasteiger partial charge in [0.1, 0.15) is 0 Å². The quantitative estimate of drug-likeness (QED) is 0.584. The molecule has 0 bridgehead atoms. The molecule has 0 unspecified atom stereocenters. The summed E-state index contributed by atoms with van der Waals surface area (Å²) in [6, 6.07) is 0. The van der Waals surface area contributed by atoms with E-state index < -0.39 is 0 Å². The minimum absolute atomic E-state index is 0.838. The Morgan fingerprint density at radius 3 is 1.36 bits per heavy atom. The third-order valence-corrected chi connectivity index (χ3v) is 1.55. The lowest BCUT2D eigenvalue weighted by atomic mass is 10.7. The highest BCUT2D eigenvalue weighted by atomic mass is 32.1. The van der Waals surface area contributed by atoms with Crippen LogP contribution in [0.15, 0.2) is 0 Å². The zero-order valence-corrected chi connectivity index (χ0v) is 9.40. The number of hydrogen-bond acceptors (Lipinski definition) is 2. The van der Waals surface area contributed by atoms with Gasteiger partial charge in [0.05, 0.1) is 9.98 Å². The maximum Gasteiger partial charge on any atom is 0.0742 e. The molecule has 0 rings (SSSR count). The predicted octanol–water partition coefficient (Wildman–Crippen LogP) is 1.45. The molecule has 0 aromatic heterocycles. The van der Waals surface area contributed by atoms with Crippen molar-refractivity contribution in [1.29, 1.82) is 0 Å². The van der Waals surface area contributed by atoms with Gasteiger partial charge in [-0.3, -0.25) is 0 Å². The number of nitrogens with zero attached hydrogens (tertiary/aromatic N) is 1. The van der Waals surface area contributed by atoms with Gasteiger partial charge in [0.25, 0.3) is 0 Å². The van der Waals surface area contributed by atoms with Gasteiger partial charge in [0.2, 0.25) is 0 Å². The Labute approximate surface area is 80.0 Å². The molecule has 0 fully saturated rings. The Morgan fingerprint density at radius 2 is 1.36 bits per heavy atom. The first-order chi connectivity index (χ1) is 4.91. The lowest BCUT2D eigenvalue weighted by molar-refractivity contribution is 0.632. The van der Waals surface area contributed by atoms with Crippen LogP contribution in [0.2, 0.25) is 0 Å². The van der Waals surface area contributed by atoms with E-state index in [9.17, 15) is 0 Å². The van der Waals surface area contributed by atoms with Crippen LogP contribution >= 0.6 is 24.4 Å². The maximum atomic E-state index is 4.75. The van der Waals surface area contributed by atoms with Crippen molar-refractivity contribution in [2.45, 2.75) is 13.8 Å². The van der Waals surface area contributed by atoms with Crippen molar-refractivity contribution in [3.05, 3.63) is 0 Å². The minimum atomic E-state index is 0.838. The fourth-order valence-corrected chi connectivity index (χ4v) is 0. The Morgan fingerprint density at radius 1 is 1.18 bits per heavy atom. The summed E-state index contributed by atoms with van der Waals surface area (Å²) in [6.45, 7) is 3.74. The second kappa shape index (κ2) is 7.88. The van der Waals surface area contributed by atoms with Crippen molar-refractivity contribution in [1.82, 2.24) is 10.2 Å². The van der Waals surface area contributed by atoms with E-state index in [0.29, 0.717) is 0 Å². The summed E-state index contributed by atoms with van der Waals surface area (Å²) in [5, 5.41) is 2.76. The molecule has 0 saturated carbocycles. The summed E-state index contributed by atoms with van der Waals surface area (Å²) in [5.74, 6) is 0. The van der Waals surface area contributed by atoms with Crippen LogP contribution in [0.1, 0.15) is 13.8 Å². The molecule has 0 heterocycles. The Hall–Kier alpha value is -0.220. The molecule has 0 saturated heterocycles. The number of rotatable bonds is 0. The molecule has 0 radical (unpaired) electrons. The van der Waals surface area contributed by atoms with Gasteiger partial charge >= 0.3 is 0 Å². The van der Waals surface area contributed by atoms with Crippen LogP contribution in [0.4, 0.5) is 0 Å². The fraction of sp³-hybridized carbons (Fsp3) is 0.714. The van der Waals surface area contributed by atoms with Gasteiger partial charge in [0, 0.05) is 21.1 Å². The van der Waals surface area contributed by atoms with Crippen molar-refractivity contribution >= 4 is 34.4 Å². The third kappa shape index (κ3) is 17.7. The summed E-state index contributed by atoms with van der Waals surface area (Å²) in [4.78, 5) is 3.66.